The lowest BCUT2D eigenvalue weighted by atomic mass is 9.97. The number of hydrogen-bond donors (Lipinski definition) is 1. The number of aliphatic carboxylic acids is 1. The third-order valence-corrected chi connectivity index (χ3v) is 3.99. The van der Waals surface area contributed by atoms with Gasteiger partial charge in [-0.3, -0.25) is 9.59 Å². The number of carboxylic acids is 1. The molecule has 1 N–H and O–H groups in total. The molecule has 1 aromatic carbocycles. The van der Waals surface area contributed by atoms with Crippen LogP contribution >= 0.6 is 0 Å². The molecule has 1 amide bonds. The molecule has 0 saturated carbocycles. The van der Waals surface area contributed by atoms with E-state index in [-0.39, 0.29) is 30.4 Å². The van der Waals surface area contributed by atoms with E-state index in [4.69, 9.17) is 5.11 Å². The number of rotatable bonds is 5. The zero-order valence-corrected chi connectivity index (χ0v) is 12.2. The summed E-state index contributed by atoms with van der Waals surface area (Å²) in [5, 5.41) is 8.78. The molecular formula is C16H19F2NO3. The summed E-state index contributed by atoms with van der Waals surface area (Å²) in [6, 6.07) is 2.92. The maximum atomic E-state index is 13.6. The van der Waals surface area contributed by atoms with Crippen LogP contribution in [0.25, 0.3) is 0 Å². The van der Waals surface area contributed by atoms with Gasteiger partial charge in [-0.25, -0.2) is 8.78 Å². The largest absolute Gasteiger partial charge is 0.481 e. The first kappa shape index (κ1) is 16.4. The predicted octanol–water partition coefficient (Wildman–Crippen LogP) is 2.75. The van der Waals surface area contributed by atoms with Gasteiger partial charge in [-0.05, 0) is 43.9 Å². The molecule has 2 rings (SSSR count). The topological polar surface area (TPSA) is 57.6 Å². The fourth-order valence-electron chi connectivity index (χ4n) is 2.86. The molecule has 0 spiro atoms. The molecular weight excluding hydrogens is 292 g/mol. The van der Waals surface area contributed by atoms with Crippen molar-refractivity contribution in [1.29, 1.82) is 0 Å². The number of likely N-dealkylation sites (tertiary alicyclic amines) is 1. The van der Waals surface area contributed by atoms with Crippen molar-refractivity contribution in [2.24, 2.45) is 0 Å². The molecule has 0 bridgehead atoms. The Bertz CT molecular complexity index is 562. The van der Waals surface area contributed by atoms with Gasteiger partial charge in [0.25, 0.3) is 0 Å². The van der Waals surface area contributed by atoms with Crippen LogP contribution in [0, 0.1) is 11.6 Å². The third kappa shape index (κ3) is 4.26. The summed E-state index contributed by atoms with van der Waals surface area (Å²) in [5.74, 6) is -2.35. The minimum atomic E-state index is -0.894. The van der Waals surface area contributed by atoms with E-state index in [2.05, 4.69) is 0 Å². The highest BCUT2D eigenvalue weighted by Gasteiger charge is 2.27. The fourth-order valence-corrected chi connectivity index (χ4v) is 2.86. The van der Waals surface area contributed by atoms with Crippen molar-refractivity contribution in [3.05, 3.63) is 35.4 Å². The first-order chi connectivity index (χ1) is 10.5. The van der Waals surface area contributed by atoms with Gasteiger partial charge in [0, 0.05) is 24.6 Å². The molecule has 1 heterocycles. The van der Waals surface area contributed by atoms with E-state index in [1.54, 1.807) is 4.90 Å². The number of piperidine rings is 1. The van der Waals surface area contributed by atoms with Crippen molar-refractivity contribution in [3.63, 3.8) is 0 Å². The average molecular weight is 311 g/mol. The summed E-state index contributed by atoms with van der Waals surface area (Å²) in [6.45, 7) is 0.542. The molecule has 6 heteroatoms. The van der Waals surface area contributed by atoms with Gasteiger partial charge < -0.3 is 10.0 Å². The Labute approximate surface area is 127 Å². The molecule has 0 aliphatic carbocycles. The van der Waals surface area contributed by atoms with E-state index in [1.165, 1.54) is 0 Å². The van der Waals surface area contributed by atoms with Gasteiger partial charge in [0.1, 0.15) is 11.6 Å². The Morgan fingerprint density at radius 2 is 2.05 bits per heavy atom. The Kier molecular flexibility index (Phi) is 5.46. The molecule has 0 radical (unpaired) electrons. The summed E-state index contributed by atoms with van der Waals surface area (Å²) in [4.78, 5) is 24.7. The second-order valence-corrected chi connectivity index (χ2v) is 5.58. The Balaban J connectivity index is 2.05. The van der Waals surface area contributed by atoms with Crippen molar-refractivity contribution >= 4 is 11.9 Å². The van der Waals surface area contributed by atoms with Gasteiger partial charge in [-0.1, -0.05) is 0 Å². The minimum absolute atomic E-state index is 0.00275. The third-order valence-electron chi connectivity index (χ3n) is 3.99. The number of hydrogen-bond acceptors (Lipinski definition) is 2. The SMILES string of the molecule is O=C(O)CC[C@H]1CCCCN1C(=O)Cc1cc(F)ccc1F. The van der Waals surface area contributed by atoms with E-state index < -0.39 is 17.6 Å². The number of carbonyl (C=O) groups is 2. The average Bonchev–Trinajstić information content (AvgIpc) is 2.49. The highest BCUT2D eigenvalue weighted by molar-refractivity contribution is 5.79. The highest BCUT2D eigenvalue weighted by atomic mass is 19.1. The maximum Gasteiger partial charge on any atom is 0.303 e. The van der Waals surface area contributed by atoms with Gasteiger partial charge >= 0.3 is 5.97 Å². The summed E-state index contributed by atoms with van der Waals surface area (Å²) in [5.41, 5.74) is 0.0348. The molecule has 0 unspecified atom stereocenters. The van der Waals surface area contributed by atoms with E-state index in [1.807, 2.05) is 0 Å². The molecule has 22 heavy (non-hydrogen) atoms. The van der Waals surface area contributed by atoms with Crippen molar-refractivity contribution in [3.8, 4) is 0 Å². The van der Waals surface area contributed by atoms with Crippen LogP contribution in [0.1, 0.15) is 37.7 Å². The van der Waals surface area contributed by atoms with Crippen molar-refractivity contribution in [2.75, 3.05) is 6.54 Å². The van der Waals surface area contributed by atoms with E-state index in [0.717, 1.165) is 37.5 Å². The lowest BCUT2D eigenvalue weighted by molar-refractivity contribution is -0.139. The Morgan fingerprint density at radius 3 is 2.77 bits per heavy atom. The van der Waals surface area contributed by atoms with Crippen LogP contribution in [0.3, 0.4) is 0 Å². The smallest absolute Gasteiger partial charge is 0.303 e. The second-order valence-electron chi connectivity index (χ2n) is 5.58. The molecule has 1 atom stereocenters. The van der Waals surface area contributed by atoms with Crippen LogP contribution in [0.15, 0.2) is 18.2 Å². The Hall–Kier alpha value is -1.98. The van der Waals surface area contributed by atoms with Crippen LogP contribution in [0.4, 0.5) is 8.78 Å². The summed E-state index contributed by atoms with van der Waals surface area (Å²) in [7, 11) is 0. The molecule has 0 aromatic heterocycles. The van der Waals surface area contributed by atoms with Crippen LogP contribution in [0.2, 0.25) is 0 Å². The van der Waals surface area contributed by atoms with Gasteiger partial charge in [0.05, 0.1) is 6.42 Å². The van der Waals surface area contributed by atoms with Gasteiger partial charge in [0.2, 0.25) is 5.91 Å². The lowest BCUT2D eigenvalue weighted by Gasteiger charge is -2.35. The maximum absolute atomic E-state index is 13.6. The van der Waals surface area contributed by atoms with Crippen LogP contribution in [-0.4, -0.2) is 34.5 Å². The number of carbonyl (C=O) groups excluding carboxylic acids is 1. The van der Waals surface area contributed by atoms with Crippen LogP contribution in [0.5, 0.6) is 0 Å². The zero-order valence-electron chi connectivity index (χ0n) is 12.2. The summed E-state index contributed by atoms with van der Waals surface area (Å²) in [6.07, 6.45) is 2.75. The first-order valence-electron chi connectivity index (χ1n) is 7.42. The highest BCUT2D eigenvalue weighted by Crippen LogP contribution is 2.22. The number of nitrogens with zero attached hydrogens (tertiary/aromatic N) is 1. The van der Waals surface area contributed by atoms with Gasteiger partial charge in [-0.15, -0.1) is 0 Å². The van der Waals surface area contributed by atoms with Crippen molar-refractivity contribution < 1.29 is 23.5 Å². The van der Waals surface area contributed by atoms with Crippen molar-refractivity contribution in [1.82, 2.24) is 4.90 Å². The quantitative estimate of drug-likeness (QED) is 0.909. The molecule has 1 saturated heterocycles. The second kappa shape index (κ2) is 7.33. The summed E-state index contributed by atoms with van der Waals surface area (Å²) < 4.78 is 26.8. The number of carboxylic acid groups (broad SMARTS) is 1. The van der Waals surface area contributed by atoms with Gasteiger partial charge in [0.15, 0.2) is 0 Å². The normalized spacial score (nSPS) is 18.3. The summed E-state index contributed by atoms with van der Waals surface area (Å²) >= 11 is 0. The monoisotopic (exact) mass is 311 g/mol. The minimum Gasteiger partial charge on any atom is -0.481 e. The van der Waals surface area contributed by atoms with E-state index >= 15 is 0 Å². The number of amides is 1. The number of benzene rings is 1. The fraction of sp³-hybridized carbons (Fsp3) is 0.500. The van der Waals surface area contributed by atoms with E-state index in [9.17, 15) is 18.4 Å². The Morgan fingerprint density at radius 1 is 1.27 bits per heavy atom. The van der Waals surface area contributed by atoms with Gasteiger partial charge in [-0.2, -0.15) is 0 Å². The molecule has 4 nitrogen and oxygen atoms in total. The molecule has 1 fully saturated rings. The molecule has 1 aliphatic heterocycles. The van der Waals surface area contributed by atoms with Crippen molar-refractivity contribution in [2.45, 2.75) is 44.6 Å². The zero-order chi connectivity index (χ0) is 16.1. The lowest BCUT2D eigenvalue weighted by Crippen LogP contribution is -2.44. The van der Waals surface area contributed by atoms with E-state index in [0.29, 0.717) is 13.0 Å². The van der Waals surface area contributed by atoms with Crippen LogP contribution < -0.4 is 0 Å². The molecule has 120 valence electrons. The first-order valence-corrected chi connectivity index (χ1v) is 7.42. The van der Waals surface area contributed by atoms with Crippen LogP contribution in [-0.2, 0) is 16.0 Å². The standard InChI is InChI=1S/C16H19F2NO3/c17-12-4-6-14(18)11(9-12)10-15(20)19-8-2-1-3-13(19)5-7-16(21)22/h4,6,9,13H,1-3,5,7-8,10H2,(H,21,22)/t13-/m1/s1. The molecule has 1 aromatic rings. The predicted molar refractivity (Wildman–Crippen MR) is 76.3 cm³/mol. The number of halogens is 2. The molecule has 1 aliphatic rings.